The second-order valence-corrected chi connectivity index (χ2v) is 3.91. The molecule has 0 aliphatic carbocycles. The molecule has 0 unspecified atom stereocenters. The number of anilines is 2. The van der Waals surface area contributed by atoms with E-state index in [1.54, 1.807) is 0 Å². The number of hydrogen-bond acceptors (Lipinski definition) is 2. The van der Waals surface area contributed by atoms with Gasteiger partial charge in [-0.3, -0.25) is 4.79 Å². The zero-order valence-corrected chi connectivity index (χ0v) is 8.78. The van der Waals surface area contributed by atoms with Gasteiger partial charge in [-0.05, 0) is 25.0 Å². The molecule has 1 heterocycles. The number of carbonyl (C=O) groups is 1. The Balaban J connectivity index is 2.28. The zero-order chi connectivity index (χ0) is 10.7. The van der Waals surface area contributed by atoms with Crippen LogP contribution in [0.3, 0.4) is 0 Å². The van der Waals surface area contributed by atoms with Crippen molar-refractivity contribution in [2.24, 2.45) is 0 Å². The van der Waals surface area contributed by atoms with Crippen LogP contribution in [0.4, 0.5) is 11.4 Å². The number of benzene rings is 1. The minimum absolute atomic E-state index is 0.199. The van der Waals surface area contributed by atoms with Crippen molar-refractivity contribution in [2.45, 2.75) is 25.7 Å². The number of para-hydroxylation sites is 2. The van der Waals surface area contributed by atoms with Gasteiger partial charge >= 0.3 is 0 Å². The molecular formula is C12H16N2O. The van der Waals surface area contributed by atoms with Gasteiger partial charge in [-0.25, -0.2) is 0 Å². The van der Waals surface area contributed by atoms with Gasteiger partial charge in [0.1, 0.15) is 0 Å². The van der Waals surface area contributed by atoms with E-state index < -0.39 is 0 Å². The van der Waals surface area contributed by atoms with Gasteiger partial charge in [0.15, 0.2) is 0 Å². The molecule has 1 aliphatic heterocycles. The molecule has 1 aromatic carbocycles. The molecule has 1 saturated heterocycles. The third-order valence-corrected chi connectivity index (χ3v) is 2.80. The highest BCUT2D eigenvalue weighted by Gasteiger charge is 2.19. The average molecular weight is 204 g/mol. The third kappa shape index (κ3) is 2.12. The molecular weight excluding hydrogens is 188 g/mol. The Labute approximate surface area is 89.9 Å². The SMILES string of the molecule is Nc1ccccc1N1CCCCCC1=O. The summed E-state index contributed by atoms with van der Waals surface area (Å²) < 4.78 is 0. The Morgan fingerprint density at radius 2 is 1.93 bits per heavy atom. The molecule has 0 spiro atoms. The van der Waals surface area contributed by atoms with Crippen LogP contribution in [0.1, 0.15) is 25.7 Å². The summed E-state index contributed by atoms with van der Waals surface area (Å²) in [5.74, 6) is 0.199. The van der Waals surface area contributed by atoms with Crippen molar-refractivity contribution in [2.75, 3.05) is 17.2 Å². The van der Waals surface area contributed by atoms with Gasteiger partial charge in [0.2, 0.25) is 5.91 Å². The molecule has 1 fully saturated rings. The summed E-state index contributed by atoms with van der Waals surface area (Å²) in [6, 6.07) is 7.57. The van der Waals surface area contributed by atoms with E-state index in [4.69, 9.17) is 5.73 Å². The van der Waals surface area contributed by atoms with Crippen LogP contribution in [0.5, 0.6) is 0 Å². The molecule has 0 atom stereocenters. The normalized spacial score (nSPS) is 17.6. The van der Waals surface area contributed by atoms with Crippen LogP contribution >= 0.6 is 0 Å². The van der Waals surface area contributed by atoms with Crippen molar-refractivity contribution < 1.29 is 4.79 Å². The Morgan fingerprint density at radius 3 is 2.73 bits per heavy atom. The van der Waals surface area contributed by atoms with E-state index in [9.17, 15) is 4.79 Å². The van der Waals surface area contributed by atoms with Crippen LogP contribution < -0.4 is 10.6 Å². The number of nitrogen functional groups attached to an aromatic ring is 1. The first-order chi connectivity index (χ1) is 7.29. The standard InChI is InChI=1S/C12H16N2O/c13-10-6-3-4-7-11(10)14-9-5-1-2-8-12(14)15/h3-4,6-7H,1-2,5,8-9,13H2. The van der Waals surface area contributed by atoms with Gasteiger partial charge in [0.05, 0.1) is 11.4 Å². The van der Waals surface area contributed by atoms with Gasteiger partial charge in [-0.2, -0.15) is 0 Å². The maximum absolute atomic E-state index is 11.8. The molecule has 3 nitrogen and oxygen atoms in total. The smallest absolute Gasteiger partial charge is 0.227 e. The third-order valence-electron chi connectivity index (χ3n) is 2.80. The molecule has 0 bridgehead atoms. The van der Waals surface area contributed by atoms with Gasteiger partial charge < -0.3 is 10.6 Å². The molecule has 1 aromatic rings. The maximum atomic E-state index is 11.8. The quantitative estimate of drug-likeness (QED) is 0.713. The van der Waals surface area contributed by atoms with E-state index in [1.165, 1.54) is 0 Å². The van der Waals surface area contributed by atoms with E-state index >= 15 is 0 Å². The summed E-state index contributed by atoms with van der Waals surface area (Å²) >= 11 is 0. The van der Waals surface area contributed by atoms with Gasteiger partial charge in [0, 0.05) is 13.0 Å². The molecule has 1 amide bonds. The van der Waals surface area contributed by atoms with E-state index in [1.807, 2.05) is 29.2 Å². The summed E-state index contributed by atoms with van der Waals surface area (Å²) in [6.45, 7) is 0.799. The number of carbonyl (C=O) groups excluding carboxylic acids is 1. The molecule has 3 heteroatoms. The summed E-state index contributed by atoms with van der Waals surface area (Å²) in [4.78, 5) is 13.7. The van der Waals surface area contributed by atoms with Crippen LogP contribution in [0.15, 0.2) is 24.3 Å². The largest absolute Gasteiger partial charge is 0.397 e. The lowest BCUT2D eigenvalue weighted by atomic mass is 10.2. The van der Waals surface area contributed by atoms with Crippen LogP contribution in [0, 0.1) is 0 Å². The monoisotopic (exact) mass is 204 g/mol. The van der Waals surface area contributed by atoms with Crippen molar-refractivity contribution in [3.05, 3.63) is 24.3 Å². The number of rotatable bonds is 1. The van der Waals surface area contributed by atoms with Crippen LogP contribution in [0.2, 0.25) is 0 Å². The highest BCUT2D eigenvalue weighted by molar-refractivity contribution is 5.96. The van der Waals surface area contributed by atoms with E-state index in [0.29, 0.717) is 12.1 Å². The zero-order valence-electron chi connectivity index (χ0n) is 8.78. The predicted molar refractivity (Wildman–Crippen MR) is 61.7 cm³/mol. The molecule has 15 heavy (non-hydrogen) atoms. The van der Waals surface area contributed by atoms with Gasteiger partial charge in [-0.15, -0.1) is 0 Å². The number of nitrogens with zero attached hydrogens (tertiary/aromatic N) is 1. The van der Waals surface area contributed by atoms with Crippen molar-refractivity contribution in [1.29, 1.82) is 0 Å². The van der Waals surface area contributed by atoms with E-state index in [-0.39, 0.29) is 5.91 Å². The minimum atomic E-state index is 0.199. The van der Waals surface area contributed by atoms with Crippen molar-refractivity contribution in [3.63, 3.8) is 0 Å². The lowest BCUT2D eigenvalue weighted by molar-refractivity contribution is -0.118. The Hall–Kier alpha value is -1.51. The van der Waals surface area contributed by atoms with Gasteiger partial charge in [-0.1, -0.05) is 18.6 Å². The molecule has 80 valence electrons. The summed E-state index contributed by atoms with van der Waals surface area (Å²) in [5.41, 5.74) is 7.42. The molecule has 1 aliphatic rings. The van der Waals surface area contributed by atoms with E-state index in [2.05, 4.69) is 0 Å². The lowest BCUT2D eigenvalue weighted by Crippen LogP contribution is -2.30. The van der Waals surface area contributed by atoms with Crippen molar-refractivity contribution >= 4 is 17.3 Å². The minimum Gasteiger partial charge on any atom is -0.397 e. The van der Waals surface area contributed by atoms with Crippen molar-refractivity contribution in [3.8, 4) is 0 Å². The van der Waals surface area contributed by atoms with Crippen LogP contribution in [0.25, 0.3) is 0 Å². The Morgan fingerprint density at radius 1 is 1.13 bits per heavy atom. The highest BCUT2D eigenvalue weighted by Crippen LogP contribution is 2.25. The lowest BCUT2D eigenvalue weighted by Gasteiger charge is -2.22. The number of amides is 1. The topological polar surface area (TPSA) is 46.3 Å². The molecule has 2 rings (SSSR count). The number of hydrogen-bond donors (Lipinski definition) is 1. The molecule has 0 aromatic heterocycles. The fourth-order valence-corrected chi connectivity index (χ4v) is 1.97. The molecule has 0 radical (unpaired) electrons. The summed E-state index contributed by atoms with van der Waals surface area (Å²) in [7, 11) is 0. The first-order valence-corrected chi connectivity index (χ1v) is 5.44. The number of nitrogens with two attached hydrogens (primary N) is 1. The summed E-state index contributed by atoms with van der Waals surface area (Å²) in [6.07, 6.45) is 3.85. The molecule has 2 N–H and O–H groups in total. The summed E-state index contributed by atoms with van der Waals surface area (Å²) in [5, 5.41) is 0. The predicted octanol–water partition coefficient (Wildman–Crippen LogP) is 2.18. The van der Waals surface area contributed by atoms with Crippen LogP contribution in [-0.4, -0.2) is 12.5 Å². The van der Waals surface area contributed by atoms with Gasteiger partial charge in [0.25, 0.3) is 0 Å². The fourth-order valence-electron chi connectivity index (χ4n) is 1.97. The Bertz CT molecular complexity index is 362. The average Bonchev–Trinajstić information content (AvgIpc) is 2.44. The maximum Gasteiger partial charge on any atom is 0.227 e. The second kappa shape index (κ2) is 4.34. The highest BCUT2D eigenvalue weighted by atomic mass is 16.2. The molecule has 0 saturated carbocycles. The van der Waals surface area contributed by atoms with Crippen LogP contribution in [-0.2, 0) is 4.79 Å². The first kappa shape index (κ1) is 10.0. The second-order valence-electron chi connectivity index (χ2n) is 3.91. The Kier molecular flexibility index (Phi) is 2.90. The van der Waals surface area contributed by atoms with E-state index in [0.717, 1.165) is 31.5 Å². The van der Waals surface area contributed by atoms with Crippen molar-refractivity contribution in [1.82, 2.24) is 0 Å². The first-order valence-electron chi connectivity index (χ1n) is 5.44. The fraction of sp³-hybridized carbons (Fsp3) is 0.417.